The van der Waals surface area contributed by atoms with Crippen molar-refractivity contribution >= 4 is 28.1 Å². The fourth-order valence-corrected chi connectivity index (χ4v) is 4.48. The number of hydrogen-bond acceptors (Lipinski definition) is 5. The molecule has 1 aliphatic rings. The molecule has 1 aliphatic heterocycles. The van der Waals surface area contributed by atoms with E-state index < -0.39 is 0 Å². The molecule has 0 aliphatic carbocycles. The average Bonchev–Trinajstić information content (AvgIpc) is 3.09. The number of amides is 1. The molecule has 0 radical (unpaired) electrons. The van der Waals surface area contributed by atoms with E-state index >= 15 is 0 Å². The van der Waals surface area contributed by atoms with E-state index in [9.17, 15) is 4.79 Å². The summed E-state index contributed by atoms with van der Waals surface area (Å²) in [6.07, 6.45) is 2.78. The second-order valence-corrected chi connectivity index (χ2v) is 7.96. The maximum Gasteiger partial charge on any atom is 0.219 e. The van der Waals surface area contributed by atoms with Crippen LogP contribution in [-0.2, 0) is 17.8 Å². The molecular formula is C21H24N4OS. The molecule has 0 spiro atoms. The van der Waals surface area contributed by atoms with Gasteiger partial charge >= 0.3 is 0 Å². The Hall–Kier alpha value is -2.31. The van der Waals surface area contributed by atoms with E-state index in [-0.39, 0.29) is 5.91 Å². The van der Waals surface area contributed by atoms with Gasteiger partial charge in [-0.15, -0.1) is 11.3 Å². The summed E-state index contributed by atoms with van der Waals surface area (Å²) in [5.74, 6) is 0.536. The summed E-state index contributed by atoms with van der Waals surface area (Å²) in [6, 6.07) is 10.5. The van der Waals surface area contributed by atoms with Crippen LogP contribution in [0.5, 0.6) is 0 Å². The van der Waals surface area contributed by atoms with Gasteiger partial charge in [0.15, 0.2) is 0 Å². The molecule has 4 rings (SSSR count). The van der Waals surface area contributed by atoms with Crippen LogP contribution >= 0.6 is 11.3 Å². The molecule has 1 fully saturated rings. The molecule has 0 bridgehead atoms. The summed E-state index contributed by atoms with van der Waals surface area (Å²) in [5.41, 5.74) is 5.33. The van der Waals surface area contributed by atoms with Crippen LogP contribution in [0.4, 0.5) is 0 Å². The predicted molar refractivity (Wildman–Crippen MR) is 109 cm³/mol. The third-order valence-corrected chi connectivity index (χ3v) is 5.86. The maximum atomic E-state index is 12.1. The topological polar surface area (TPSA) is 49.3 Å². The molecule has 0 saturated carbocycles. The lowest BCUT2D eigenvalue weighted by Gasteiger charge is -2.24. The van der Waals surface area contributed by atoms with E-state index in [0.717, 1.165) is 50.4 Å². The van der Waals surface area contributed by atoms with E-state index in [0.29, 0.717) is 5.92 Å². The minimum atomic E-state index is 0.159. The van der Waals surface area contributed by atoms with Gasteiger partial charge in [0, 0.05) is 56.6 Å². The maximum absolute atomic E-state index is 12.1. The Morgan fingerprint density at radius 3 is 2.89 bits per heavy atom. The predicted octanol–water partition coefficient (Wildman–Crippen LogP) is 3.21. The number of benzene rings is 1. The van der Waals surface area contributed by atoms with Crippen molar-refractivity contribution in [2.75, 3.05) is 26.2 Å². The van der Waals surface area contributed by atoms with Gasteiger partial charge in [-0.25, -0.2) is 4.98 Å². The number of pyridine rings is 1. The summed E-state index contributed by atoms with van der Waals surface area (Å²) in [7, 11) is 0. The second-order valence-electron chi connectivity index (χ2n) is 7.24. The number of carbonyl (C=O) groups is 1. The first-order chi connectivity index (χ1) is 13.2. The van der Waals surface area contributed by atoms with E-state index in [1.807, 2.05) is 22.7 Å². The molecule has 1 atom stereocenters. The zero-order chi connectivity index (χ0) is 18.6. The Morgan fingerprint density at radius 2 is 2.07 bits per heavy atom. The molecule has 0 N–H and O–H groups in total. The first-order valence-electron chi connectivity index (χ1n) is 9.36. The van der Waals surface area contributed by atoms with Crippen molar-refractivity contribution < 1.29 is 4.79 Å². The highest BCUT2D eigenvalue weighted by molar-refractivity contribution is 7.07. The van der Waals surface area contributed by atoms with E-state index in [1.165, 1.54) is 10.9 Å². The number of aromatic nitrogens is 2. The fraction of sp³-hybridized carbons (Fsp3) is 0.381. The first-order valence-corrected chi connectivity index (χ1v) is 10.3. The minimum Gasteiger partial charge on any atom is -0.341 e. The van der Waals surface area contributed by atoms with Crippen LogP contribution in [0.15, 0.2) is 47.4 Å². The van der Waals surface area contributed by atoms with Crippen LogP contribution in [-0.4, -0.2) is 51.9 Å². The molecule has 1 saturated heterocycles. The first kappa shape index (κ1) is 18.1. The normalized spacial score (nSPS) is 18.6. The summed E-state index contributed by atoms with van der Waals surface area (Å²) in [4.78, 5) is 25.5. The molecule has 5 nitrogen and oxygen atoms in total. The van der Waals surface area contributed by atoms with Gasteiger partial charge in [-0.2, -0.15) is 0 Å². The van der Waals surface area contributed by atoms with Crippen molar-refractivity contribution in [3.63, 3.8) is 0 Å². The molecule has 140 valence electrons. The van der Waals surface area contributed by atoms with Crippen molar-refractivity contribution in [1.82, 2.24) is 19.8 Å². The second kappa shape index (κ2) is 8.15. The van der Waals surface area contributed by atoms with Crippen molar-refractivity contribution in [2.24, 2.45) is 5.92 Å². The lowest BCUT2D eigenvalue weighted by Crippen LogP contribution is -2.34. The molecule has 1 unspecified atom stereocenters. The Kier molecular flexibility index (Phi) is 5.45. The van der Waals surface area contributed by atoms with Crippen LogP contribution in [0.2, 0.25) is 0 Å². The molecule has 6 heteroatoms. The van der Waals surface area contributed by atoms with Crippen LogP contribution in [0.3, 0.4) is 0 Å². The number of rotatable bonds is 4. The van der Waals surface area contributed by atoms with E-state index in [1.54, 1.807) is 18.3 Å². The number of nitrogens with zero attached hydrogens (tertiary/aromatic N) is 4. The van der Waals surface area contributed by atoms with E-state index in [2.05, 4.69) is 44.5 Å². The molecule has 27 heavy (non-hydrogen) atoms. The third-order valence-electron chi connectivity index (χ3n) is 5.22. The van der Waals surface area contributed by atoms with Crippen molar-refractivity contribution in [3.8, 4) is 0 Å². The summed E-state index contributed by atoms with van der Waals surface area (Å²) >= 11 is 1.63. The van der Waals surface area contributed by atoms with Crippen LogP contribution < -0.4 is 0 Å². The molecule has 3 aromatic rings. The van der Waals surface area contributed by atoms with Gasteiger partial charge in [0.1, 0.15) is 0 Å². The molecule has 1 aromatic carbocycles. The molecule has 1 amide bonds. The fourth-order valence-electron chi connectivity index (χ4n) is 3.93. The van der Waals surface area contributed by atoms with Gasteiger partial charge in [-0.1, -0.05) is 24.3 Å². The van der Waals surface area contributed by atoms with Gasteiger partial charge in [0.05, 0.1) is 16.7 Å². The Morgan fingerprint density at radius 1 is 1.19 bits per heavy atom. The Bertz CT molecular complexity index is 906. The Labute approximate surface area is 163 Å². The number of fused-ring (bicyclic) bond motifs is 1. The minimum absolute atomic E-state index is 0.159. The monoisotopic (exact) mass is 380 g/mol. The van der Waals surface area contributed by atoms with Crippen LogP contribution in [0.1, 0.15) is 18.2 Å². The van der Waals surface area contributed by atoms with Crippen LogP contribution in [0, 0.1) is 5.92 Å². The molecule has 3 heterocycles. The lowest BCUT2D eigenvalue weighted by atomic mass is 9.96. The van der Waals surface area contributed by atoms with Gasteiger partial charge in [0.25, 0.3) is 0 Å². The highest BCUT2D eigenvalue weighted by Crippen LogP contribution is 2.22. The van der Waals surface area contributed by atoms with E-state index in [4.69, 9.17) is 0 Å². The Balaban J connectivity index is 1.56. The van der Waals surface area contributed by atoms with Crippen molar-refractivity contribution in [2.45, 2.75) is 19.9 Å². The quantitative estimate of drug-likeness (QED) is 0.697. The van der Waals surface area contributed by atoms with Crippen molar-refractivity contribution in [3.05, 3.63) is 58.7 Å². The highest BCUT2D eigenvalue weighted by Gasteiger charge is 2.25. The lowest BCUT2D eigenvalue weighted by molar-refractivity contribution is -0.129. The van der Waals surface area contributed by atoms with Crippen molar-refractivity contribution in [1.29, 1.82) is 0 Å². The average molecular weight is 381 g/mol. The zero-order valence-corrected chi connectivity index (χ0v) is 16.4. The molecule has 2 aromatic heterocycles. The summed E-state index contributed by atoms with van der Waals surface area (Å²) < 4.78 is 0. The van der Waals surface area contributed by atoms with Gasteiger partial charge < -0.3 is 4.90 Å². The largest absolute Gasteiger partial charge is 0.341 e. The van der Waals surface area contributed by atoms with Gasteiger partial charge in [-0.3, -0.25) is 14.7 Å². The van der Waals surface area contributed by atoms with Crippen LogP contribution in [0.25, 0.3) is 10.9 Å². The highest BCUT2D eigenvalue weighted by atomic mass is 32.1. The summed E-state index contributed by atoms with van der Waals surface area (Å²) in [5, 5.41) is 3.28. The standard InChI is InChI=1S/C21H24N4OS/c1-16(26)25-9-8-24(13-20-14-27-15-23-20)11-17(12-25)10-19-5-2-4-18-6-3-7-22-21(18)19/h2-7,14-15,17H,8-13H2,1H3. The smallest absolute Gasteiger partial charge is 0.219 e. The van der Waals surface area contributed by atoms with Gasteiger partial charge in [0.2, 0.25) is 5.91 Å². The number of thiazole rings is 1. The zero-order valence-electron chi connectivity index (χ0n) is 15.5. The number of hydrogen-bond donors (Lipinski definition) is 0. The summed E-state index contributed by atoms with van der Waals surface area (Å²) in [6.45, 7) is 5.95. The number of para-hydroxylation sites is 1. The third kappa shape index (κ3) is 4.34. The van der Waals surface area contributed by atoms with Gasteiger partial charge in [-0.05, 0) is 24.0 Å². The number of carbonyl (C=O) groups excluding carboxylic acids is 1. The SMILES string of the molecule is CC(=O)N1CCN(Cc2cscn2)CC(Cc2cccc3cccnc23)C1. The molecular weight excluding hydrogens is 356 g/mol.